The Labute approximate surface area is 129 Å². The minimum Gasteiger partial charge on any atom is -0.370 e. The average Bonchev–Trinajstić information content (AvgIpc) is 2.46. The van der Waals surface area contributed by atoms with Crippen LogP contribution in [0.25, 0.3) is 0 Å². The van der Waals surface area contributed by atoms with Gasteiger partial charge in [0.15, 0.2) is 5.78 Å². The number of carbonyl (C=O) groups excluding carboxylic acids is 1. The second-order valence-electron chi connectivity index (χ2n) is 6.26. The molecule has 1 saturated carbocycles. The highest BCUT2D eigenvalue weighted by molar-refractivity contribution is 9.10. The van der Waals surface area contributed by atoms with E-state index >= 15 is 0 Å². The molecular weight excluding hydrogens is 314 g/mol. The van der Waals surface area contributed by atoms with E-state index in [4.69, 9.17) is 0 Å². The monoisotopic (exact) mass is 335 g/mol. The van der Waals surface area contributed by atoms with Gasteiger partial charge in [0.05, 0.1) is 5.69 Å². The number of halogens is 1. The van der Waals surface area contributed by atoms with E-state index in [-0.39, 0.29) is 5.78 Å². The fraction of sp³-hybridized carbons (Fsp3) is 0.588. The summed E-state index contributed by atoms with van der Waals surface area (Å²) in [6.45, 7) is 3.96. The van der Waals surface area contributed by atoms with Crippen molar-refractivity contribution in [1.82, 2.24) is 0 Å². The molecule has 2 unspecified atom stereocenters. The molecular formula is C17H22BrNO. The lowest BCUT2D eigenvalue weighted by Crippen LogP contribution is -2.42. The molecule has 0 bridgehead atoms. The first kappa shape index (κ1) is 14.1. The number of Topliss-reactive ketones (excluding diaryl/α,β-unsaturated/α-hetero) is 1. The molecule has 2 fully saturated rings. The van der Waals surface area contributed by atoms with E-state index in [0.717, 1.165) is 28.4 Å². The fourth-order valence-electron chi connectivity index (χ4n) is 3.80. The molecule has 1 aromatic carbocycles. The summed E-state index contributed by atoms with van der Waals surface area (Å²) in [6.07, 6.45) is 6.98. The Balaban J connectivity index is 1.78. The van der Waals surface area contributed by atoms with E-state index in [1.807, 2.05) is 12.1 Å². The smallest absolute Gasteiger partial charge is 0.159 e. The van der Waals surface area contributed by atoms with Gasteiger partial charge in [-0.2, -0.15) is 0 Å². The van der Waals surface area contributed by atoms with Crippen LogP contribution in [0.1, 0.15) is 49.4 Å². The maximum Gasteiger partial charge on any atom is 0.159 e. The summed E-state index contributed by atoms with van der Waals surface area (Å²) in [5, 5.41) is 0. The van der Waals surface area contributed by atoms with E-state index in [2.05, 4.69) is 26.9 Å². The number of benzene rings is 1. The van der Waals surface area contributed by atoms with Gasteiger partial charge in [-0.15, -0.1) is 0 Å². The SMILES string of the molecule is CC(=O)c1ccc(N2CCC3CCCCC3C2)c(Br)c1. The van der Waals surface area contributed by atoms with Gasteiger partial charge in [0.1, 0.15) is 0 Å². The van der Waals surface area contributed by atoms with Crippen LogP contribution in [0, 0.1) is 11.8 Å². The van der Waals surface area contributed by atoms with Gasteiger partial charge in [-0.1, -0.05) is 19.3 Å². The number of hydrogen-bond donors (Lipinski definition) is 0. The maximum absolute atomic E-state index is 11.4. The van der Waals surface area contributed by atoms with Crippen molar-refractivity contribution >= 4 is 27.4 Å². The molecule has 0 radical (unpaired) electrons. The molecule has 1 saturated heterocycles. The Bertz CT molecular complexity index is 514. The van der Waals surface area contributed by atoms with Crippen LogP contribution in [-0.4, -0.2) is 18.9 Å². The van der Waals surface area contributed by atoms with Crippen molar-refractivity contribution in [3.05, 3.63) is 28.2 Å². The number of anilines is 1. The lowest BCUT2D eigenvalue weighted by Gasteiger charge is -2.42. The minimum atomic E-state index is 0.128. The van der Waals surface area contributed by atoms with Gasteiger partial charge in [0.2, 0.25) is 0 Å². The second kappa shape index (κ2) is 5.88. The second-order valence-corrected chi connectivity index (χ2v) is 7.12. The van der Waals surface area contributed by atoms with Crippen molar-refractivity contribution in [3.63, 3.8) is 0 Å². The Morgan fingerprint density at radius 1 is 1.20 bits per heavy atom. The third-order valence-corrected chi connectivity index (χ3v) is 5.62. The summed E-state index contributed by atoms with van der Waals surface area (Å²) in [6, 6.07) is 6.02. The Kier molecular flexibility index (Phi) is 4.16. The first-order valence-corrected chi connectivity index (χ1v) is 8.50. The number of fused-ring (bicyclic) bond motifs is 1. The molecule has 3 heteroatoms. The van der Waals surface area contributed by atoms with Crippen molar-refractivity contribution in [2.45, 2.75) is 39.0 Å². The summed E-state index contributed by atoms with van der Waals surface area (Å²) in [5.74, 6) is 1.95. The van der Waals surface area contributed by atoms with E-state index < -0.39 is 0 Å². The standard InChI is InChI=1S/C17H22BrNO/c1-12(20)14-6-7-17(16(18)10-14)19-9-8-13-4-2-3-5-15(13)11-19/h6-7,10,13,15H,2-5,8-9,11H2,1H3. The van der Waals surface area contributed by atoms with Crippen LogP contribution in [0.5, 0.6) is 0 Å². The topological polar surface area (TPSA) is 20.3 Å². The highest BCUT2D eigenvalue weighted by Crippen LogP contribution is 2.39. The lowest BCUT2D eigenvalue weighted by molar-refractivity contribution is 0.101. The zero-order valence-corrected chi connectivity index (χ0v) is 13.7. The van der Waals surface area contributed by atoms with Gasteiger partial charge < -0.3 is 4.90 Å². The zero-order valence-electron chi connectivity index (χ0n) is 12.1. The molecule has 0 aromatic heterocycles. The Morgan fingerprint density at radius 2 is 1.95 bits per heavy atom. The number of carbonyl (C=O) groups is 1. The summed E-state index contributed by atoms with van der Waals surface area (Å²) in [5.41, 5.74) is 2.03. The summed E-state index contributed by atoms with van der Waals surface area (Å²) < 4.78 is 1.06. The van der Waals surface area contributed by atoms with Crippen LogP contribution in [0.15, 0.2) is 22.7 Å². The number of rotatable bonds is 2. The number of nitrogens with zero attached hydrogens (tertiary/aromatic N) is 1. The molecule has 2 aliphatic rings. The lowest BCUT2D eigenvalue weighted by atomic mass is 9.75. The van der Waals surface area contributed by atoms with Gasteiger partial charge in [0.25, 0.3) is 0 Å². The maximum atomic E-state index is 11.4. The van der Waals surface area contributed by atoms with Gasteiger partial charge in [-0.05, 0) is 65.7 Å². The average molecular weight is 336 g/mol. The third kappa shape index (κ3) is 2.78. The van der Waals surface area contributed by atoms with Crippen LogP contribution in [-0.2, 0) is 0 Å². The van der Waals surface area contributed by atoms with Crippen molar-refractivity contribution in [2.24, 2.45) is 11.8 Å². The van der Waals surface area contributed by atoms with Crippen LogP contribution in [0.3, 0.4) is 0 Å². The summed E-state index contributed by atoms with van der Waals surface area (Å²) in [7, 11) is 0. The minimum absolute atomic E-state index is 0.128. The predicted molar refractivity (Wildman–Crippen MR) is 86.4 cm³/mol. The quantitative estimate of drug-likeness (QED) is 0.732. The molecule has 0 spiro atoms. The van der Waals surface area contributed by atoms with Crippen molar-refractivity contribution in [1.29, 1.82) is 0 Å². The molecule has 1 aliphatic heterocycles. The van der Waals surface area contributed by atoms with E-state index in [1.165, 1.54) is 44.3 Å². The van der Waals surface area contributed by atoms with Gasteiger partial charge in [0, 0.05) is 23.1 Å². The summed E-state index contributed by atoms with van der Waals surface area (Å²) >= 11 is 3.65. The molecule has 0 amide bonds. The van der Waals surface area contributed by atoms with Crippen LogP contribution >= 0.6 is 15.9 Å². The van der Waals surface area contributed by atoms with Gasteiger partial charge in [-0.3, -0.25) is 4.79 Å². The molecule has 108 valence electrons. The molecule has 1 aromatic rings. The fourth-order valence-corrected chi connectivity index (χ4v) is 4.43. The van der Waals surface area contributed by atoms with E-state index in [1.54, 1.807) is 6.92 Å². The van der Waals surface area contributed by atoms with Gasteiger partial charge in [-0.25, -0.2) is 0 Å². The summed E-state index contributed by atoms with van der Waals surface area (Å²) in [4.78, 5) is 13.9. The first-order chi connectivity index (χ1) is 9.65. The normalized spacial score (nSPS) is 26.2. The molecule has 3 rings (SSSR count). The number of ketones is 1. The van der Waals surface area contributed by atoms with Crippen LogP contribution in [0.4, 0.5) is 5.69 Å². The zero-order chi connectivity index (χ0) is 14.1. The van der Waals surface area contributed by atoms with Crippen molar-refractivity contribution in [2.75, 3.05) is 18.0 Å². The highest BCUT2D eigenvalue weighted by atomic mass is 79.9. The van der Waals surface area contributed by atoms with Crippen molar-refractivity contribution in [3.8, 4) is 0 Å². The highest BCUT2D eigenvalue weighted by Gasteiger charge is 2.31. The predicted octanol–water partition coefficient (Wildman–Crippen LogP) is 4.67. The van der Waals surface area contributed by atoms with Crippen LogP contribution in [0.2, 0.25) is 0 Å². The first-order valence-electron chi connectivity index (χ1n) is 7.70. The Hall–Kier alpha value is -0.830. The number of piperidine rings is 1. The van der Waals surface area contributed by atoms with Gasteiger partial charge >= 0.3 is 0 Å². The van der Waals surface area contributed by atoms with E-state index in [9.17, 15) is 4.79 Å². The molecule has 1 aliphatic carbocycles. The van der Waals surface area contributed by atoms with E-state index in [0.29, 0.717) is 0 Å². The molecule has 20 heavy (non-hydrogen) atoms. The number of hydrogen-bond acceptors (Lipinski definition) is 2. The van der Waals surface area contributed by atoms with Crippen molar-refractivity contribution < 1.29 is 4.79 Å². The molecule has 2 nitrogen and oxygen atoms in total. The molecule has 2 atom stereocenters. The third-order valence-electron chi connectivity index (χ3n) is 4.99. The Morgan fingerprint density at radius 3 is 2.65 bits per heavy atom. The largest absolute Gasteiger partial charge is 0.370 e. The molecule has 1 heterocycles. The van der Waals surface area contributed by atoms with Crippen LogP contribution < -0.4 is 4.90 Å². The molecule has 0 N–H and O–H groups in total.